The fourth-order valence-electron chi connectivity index (χ4n) is 1.76. The molecular weight excluding hydrogens is 276 g/mol. The predicted molar refractivity (Wildman–Crippen MR) is 75.3 cm³/mol. The number of ether oxygens (including phenoxy) is 1. The predicted octanol–water partition coefficient (Wildman–Crippen LogP) is 3.94. The standard InChI is InChI=1S/C16H17F2NO2/c1-16(2,3)14-6-10(9-20)7-15(19-14)21-13-5-4-11(17)8-12(13)18/h4-8,20H,9H2,1-3H3. The lowest BCUT2D eigenvalue weighted by Crippen LogP contribution is -2.14. The number of rotatable bonds is 3. The second kappa shape index (κ2) is 5.77. The van der Waals surface area contributed by atoms with Gasteiger partial charge in [0.2, 0.25) is 5.88 Å². The van der Waals surface area contributed by atoms with Crippen molar-refractivity contribution in [2.75, 3.05) is 0 Å². The highest BCUT2D eigenvalue weighted by atomic mass is 19.1. The zero-order valence-corrected chi connectivity index (χ0v) is 12.2. The van der Waals surface area contributed by atoms with Crippen LogP contribution in [-0.2, 0) is 12.0 Å². The Bertz CT molecular complexity index is 651. The topological polar surface area (TPSA) is 42.4 Å². The Balaban J connectivity index is 2.39. The molecule has 0 spiro atoms. The van der Waals surface area contributed by atoms with E-state index >= 15 is 0 Å². The van der Waals surface area contributed by atoms with Crippen molar-refractivity contribution >= 4 is 0 Å². The van der Waals surface area contributed by atoms with E-state index in [1.165, 1.54) is 12.1 Å². The van der Waals surface area contributed by atoms with Crippen molar-refractivity contribution in [1.82, 2.24) is 4.98 Å². The zero-order valence-electron chi connectivity index (χ0n) is 12.2. The maximum atomic E-state index is 13.6. The number of nitrogens with zero attached hydrogens (tertiary/aromatic N) is 1. The minimum absolute atomic E-state index is 0.112. The lowest BCUT2D eigenvalue weighted by molar-refractivity contribution is 0.280. The van der Waals surface area contributed by atoms with Gasteiger partial charge in [0.15, 0.2) is 11.6 Å². The summed E-state index contributed by atoms with van der Waals surface area (Å²) in [6.45, 7) is 5.74. The minimum atomic E-state index is -0.802. The molecule has 2 rings (SSSR count). The number of aromatic nitrogens is 1. The third-order valence-electron chi connectivity index (χ3n) is 2.92. The van der Waals surface area contributed by atoms with Crippen LogP contribution in [0.15, 0.2) is 30.3 Å². The molecular formula is C16H17F2NO2. The third-order valence-corrected chi connectivity index (χ3v) is 2.92. The fourth-order valence-corrected chi connectivity index (χ4v) is 1.76. The molecule has 0 saturated carbocycles. The summed E-state index contributed by atoms with van der Waals surface area (Å²) < 4.78 is 31.9. The number of aliphatic hydroxyl groups is 1. The molecule has 0 amide bonds. The minimum Gasteiger partial charge on any atom is -0.436 e. The van der Waals surface area contributed by atoms with Gasteiger partial charge in [-0.1, -0.05) is 20.8 Å². The first kappa shape index (κ1) is 15.4. The lowest BCUT2D eigenvalue weighted by Gasteiger charge is -2.19. The summed E-state index contributed by atoms with van der Waals surface area (Å²) in [5.41, 5.74) is 1.09. The van der Waals surface area contributed by atoms with Crippen LogP contribution in [0.25, 0.3) is 0 Å². The molecule has 112 valence electrons. The van der Waals surface area contributed by atoms with Gasteiger partial charge in [-0.2, -0.15) is 0 Å². The maximum Gasteiger partial charge on any atom is 0.219 e. The van der Waals surface area contributed by atoms with Crippen molar-refractivity contribution in [3.8, 4) is 11.6 Å². The molecule has 21 heavy (non-hydrogen) atoms. The van der Waals surface area contributed by atoms with Crippen LogP contribution in [-0.4, -0.2) is 10.1 Å². The molecule has 0 bridgehead atoms. The first-order chi connectivity index (χ1) is 9.79. The van der Waals surface area contributed by atoms with Crippen LogP contribution in [0, 0.1) is 11.6 Å². The summed E-state index contributed by atoms with van der Waals surface area (Å²) in [6.07, 6.45) is 0. The highest BCUT2D eigenvalue weighted by molar-refractivity contribution is 5.33. The first-order valence-electron chi connectivity index (χ1n) is 6.55. The Kier molecular flexibility index (Phi) is 4.23. The van der Waals surface area contributed by atoms with Gasteiger partial charge in [-0.25, -0.2) is 13.8 Å². The Morgan fingerprint density at radius 2 is 1.86 bits per heavy atom. The van der Waals surface area contributed by atoms with E-state index in [2.05, 4.69) is 4.98 Å². The van der Waals surface area contributed by atoms with Gasteiger partial charge in [0, 0.05) is 17.5 Å². The van der Waals surface area contributed by atoms with Gasteiger partial charge in [-0.15, -0.1) is 0 Å². The first-order valence-corrected chi connectivity index (χ1v) is 6.55. The van der Waals surface area contributed by atoms with Gasteiger partial charge in [-0.05, 0) is 23.8 Å². The summed E-state index contributed by atoms with van der Waals surface area (Å²) >= 11 is 0. The summed E-state index contributed by atoms with van der Waals surface area (Å²) in [5, 5.41) is 9.30. The average Bonchev–Trinajstić information content (AvgIpc) is 2.40. The van der Waals surface area contributed by atoms with Gasteiger partial charge in [0.25, 0.3) is 0 Å². The van der Waals surface area contributed by atoms with Crippen LogP contribution in [0.5, 0.6) is 11.6 Å². The number of pyridine rings is 1. The van der Waals surface area contributed by atoms with E-state index in [0.717, 1.165) is 12.1 Å². The number of hydrogen-bond acceptors (Lipinski definition) is 3. The molecule has 3 nitrogen and oxygen atoms in total. The fraction of sp³-hybridized carbons (Fsp3) is 0.312. The Morgan fingerprint density at radius 1 is 1.14 bits per heavy atom. The van der Waals surface area contributed by atoms with Gasteiger partial charge >= 0.3 is 0 Å². The summed E-state index contributed by atoms with van der Waals surface area (Å²) in [5.74, 6) is -1.42. The molecule has 0 unspecified atom stereocenters. The quantitative estimate of drug-likeness (QED) is 0.932. The van der Waals surface area contributed by atoms with Crippen LogP contribution < -0.4 is 4.74 Å². The second-order valence-electron chi connectivity index (χ2n) is 5.78. The van der Waals surface area contributed by atoms with Gasteiger partial charge in [0.1, 0.15) is 5.82 Å². The van der Waals surface area contributed by atoms with Crippen LogP contribution in [0.2, 0.25) is 0 Å². The molecule has 0 atom stereocenters. The van der Waals surface area contributed by atoms with Gasteiger partial charge < -0.3 is 9.84 Å². The largest absolute Gasteiger partial charge is 0.436 e. The third kappa shape index (κ3) is 3.76. The van der Waals surface area contributed by atoms with Crippen molar-refractivity contribution in [3.05, 3.63) is 53.2 Å². The van der Waals surface area contributed by atoms with E-state index in [9.17, 15) is 13.9 Å². The van der Waals surface area contributed by atoms with E-state index in [0.29, 0.717) is 11.3 Å². The molecule has 1 N–H and O–H groups in total. The second-order valence-corrected chi connectivity index (χ2v) is 5.78. The van der Waals surface area contributed by atoms with E-state index in [4.69, 9.17) is 4.74 Å². The van der Waals surface area contributed by atoms with Crippen LogP contribution in [0.4, 0.5) is 8.78 Å². The summed E-state index contributed by atoms with van der Waals surface area (Å²) in [4.78, 5) is 4.32. The Labute approximate surface area is 122 Å². The van der Waals surface area contributed by atoms with Gasteiger partial charge in [-0.3, -0.25) is 0 Å². The van der Waals surface area contributed by atoms with Crippen molar-refractivity contribution in [1.29, 1.82) is 0 Å². The van der Waals surface area contributed by atoms with E-state index in [1.54, 1.807) is 6.07 Å². The summed E-state index contributed by atoms with van der Waals surface area (Å²) in [6, 6.07) is 6.36. The van der Waals surface area contributed by atoms with E-state index in [-0.39, 0.29) is 23.7 Å². The van der Waals surface area contributed by atoms with Crippen molar-refractivity contribution in [2.45, 2.75) is 32.8 Å². The number of aliphatic hydroxyl groups excluding tert-OH is 1. The Hall–Kier alpha value is -2.01. The van der Waals surface area contributed by atoms with Crippen molar-refractivity contribution in [2.24, 2.45) is 0 Å². The van der Waals surface area contributed by atoms with Gasteiger partial charge in [0.05, 0.1) is 12.3 Å². The molecule has 0 radical (unpaired) electrons. The SMILES string of the molecule is CC(C)(C)c1cc(CO)cc(Oc2ccc(F)cc2F)n1. The molecule has 1 aromatic carbocycles. The van der Waals surface area contributed by atoms with E-state index in [1.807, 2.05) is 20.8 Å². The highest BCUT2D eigenvalue weighted by Crippen LogP contribution is 2.28. The number of halogens is 2. The molecule has 2 aromatic rings. The number of hydrogen-bond donors (Lipinski definition) is 1. The Morgan fingerprint density at radius 3 is 2.43 bits per heavy atom. The van der Waals surface area contributed by atoms with Crippen molar-refractivity contribution < 1.29 is 18.6 Å². The molecule has 0 aliphatic rings. The number of benzene rings is 1. The monoisotopic (exact) mass is 293 g/mol. The smallest absolute Gasteiger partial charge is 0.219 e. The molecule has 1 aromatic heterocycles. The normalized spacial score (nSPS) is 11.5. The molecule has 0 fully saturated rings. The highest BCUT2D eigenvalue weighted by Gasteiger charge is 2.18. The molecule has 1 heterocycles. The maximum absolute atomic E-state index is 13.6. The van der Waals surface area contributed by atoms with Crippen LogP contribution >= 0.6 is 0 Å². The zero-order chi connectivity index (χ0) is 15.6. The van der Waals surface area contributed by atoms with Crippen molar-refractivity contribution in [3.63, 3.8) is 0 Å². The molecule has 0 aliphatic carbocycles. The molecule has 5 heteroatoms. The summed E-state index contributed by atoms with van der Waals surface area (Å²) in [7, 11) is 0. The van der Waals surface area contributed by atoms with Crippen LogP contribution in [0.3, 0.4) is 0 Å². The van der Waals surface area contributed by atoms with E-state index < -0.39 is 11.6 Å². The molecule has 0 aliphatic heterocycles. The molecule has 0 saturated heterocycles. The average molecular weight is 293 g/mol. The lowest BCUT2D eigenvalue weighted by atomic mass is 9.91. The van der Waals surface area contributed by atoms with Crippen LogP contribution in [0.1, 0.15) is 32.0 Å².